The highest BCUT2D eigenvalue weighted by atomic mass is 16.2. The number of anilines is 2. The van der Waals surface area contributed by atoms with Gasteiger partial charge in [0.05, 0.1) is 5.52 Å². The van der Waals surface area contributed by atoms with Gasteiger partial charge in [-0.3, -0.25) is 29.4 Å². The molecule has 254 valence electrons. The molecule has 1 unspecified atom stereocenters. The predicted molar refractivity (Wildman–Crippen MR) is 185 cm³/mol. The third kappa shape index (κ3) is 6.07. The van der Waals surface area contributed by atoms with Crippen LogP contribution in [-0.4, -0.2) is 86.3 Å². The van der Waals surface area contributed by atoms with E-state index in [2.05, 4.69) is 65.6 Å². The van der Waals surface area contributed by atoms with Crippen LogP contribution in [0.15, 0.2) is 48.7 Å². The summed E-state index contributed by atoms with van der Waals surface area (Å²) < 4.78 is 0. The van der Waals surface area contributed by atoms with E-state index in [1.165, 1.54) is 12.1 Å². The normalized spacial score (nSPS) is 21.3. The van der Waals surface area contributed by atoms with Crippen molar-refractivity contribution in [1.29, 1.82) is 0 Å². The lowest BCUT2D eigenvalue weighted by molar-refractivity contribution is -0.136. The molecule has 0 aliphatic carbocycles. The van der Waals surface area contributed by atoms with Gasteiger partial charge in [-0.15, -0.1) is 10.2 Å². The number of carbonyl (C=O) groups is 4. The Hall–Kier alpha value is -5.61. The number of rotatable bonds is 5. The Morgan fingerprint density at radius 1 is 0.980 bits per heavy atom. The second-order valence-electron chi connectivity index (χ2n) is 13.5. The molecule has 7 heterocycles. The summed E-state index contributed by atoms with van der Waals surface area (Å²) in [7, 11) is 2.14. The van der Waals surface area contributed by atoms with E-state index in [0.717, 1.165) is 60.9 Å². The van der Waals surface area contributed by atoms with Crippen molar-refractivity contribution < 1.29 is 19.2 Å². The largest absolute Gasteiger partial charge is 0.357 e. The Bertz CT molecular complexity index is 2070. The van der Waals surface area contributed by atoms with Gasteiger partial charge in [-0.25, -0.2) is 4.98 Å². The number of nitrogens with one attached hydrogen (secondary N) is 3. The molecule has 1 aromatic carbocycles. The van der Waals surface area contributed by atoms with Gasteiger partial charge in [0.15, 0.2) is 11.5 Å². The molecule has 13 nitrogen and oxygen atoms in total. The number of hydrogen-bond donors (Lipinski definition) is 3. The number of likely N-dealkylation sites (tertiary alicyclic amines) is 1. The van der Waals surface area contributed by atoms with Crippen LogP contribution < -0.4 is 15.5 Å². The lowest BCUT2D eigenvalue weighted by Crippen LogP contribution is -2.52. The summed E-state index contributed by atoms with van der Waals surface area (Å²) in [5.41, 5.74) is 4.48. The molecule has 3 fully saturated rings. The monoisotopic (exact) mass is 671 g/mol. The second kappa shape index (κ2) is 13.0. The van der Waals surface area contributed by atoms with E-state index < -0.39 is 11.9 Å². The lowest BCUT2D eigenvalue weighted by atomic mass is 9.96. The fourth-order valence-corrected chi connectivity index (χ4v) is 7.53. The Morgan fingerprint density at radius 3 is 2.60 bits per heavy atom. The van der Waals surface area contributed by atoms with E-state index in [4.69, 9.17) is 0 Å². The summed E-state index contributed by atoms with van der Waals surface area (Å²) in [6, 6.07) is 12.7. The zero-order chi connectivity index (χ0) is 34.4. The lowest BCUT2D eigenvalue weighted by Gasteiger charge is -2.30. The van der Waals surface area contributed by atoms with E-state index in [1.807, 2.05) is 24.3 Å². The topological polar surface area (TPSA) is 157 Å². The molecule has 8 rings (SSSR count). The van der Waals surface area contributed by atoms with Gasteiger partial charge in [-0.1, -0.05) is 17.9 Å². The van der Waals surface area contributed by atoms with Crippen LogP contribution in [-0.2, 0) is 16.1 Å². The number of aromatic nitrogens is 4. The minimum atomic E-state index is -0.654. The number of fused-ring (bicyclic) bond motifs is 2. The summed E-state index contributed by atoms with van der Waals surface area (Å²) in [6.45, 7) is 2.87. The number of pyridine rings is 1. The van der Waals surface area contributed by atoms with Crippen LogP contribution in [0.25, 0.3) is 10.9 Å². The highest BCUT2D eigenvalue weighted by Gasteiger charge is 2.39. The van der Waals surface area contributed by atoms with Crippen molar-refractivity contribution in [2.45, 2.75) is 57.2 Å². The number of imide groups is 1. The van der Waals surface area contributed by atoms with Crippen molar-refractivity contribution in [3.8, 4) is 11.8 Å². The van der Waals surface area contributed by atoms with E-state index in [-0.39, 0.29) is 35.8 Å². The maximum atomic E-state index is 13.2. The predicted octanol–water partition coefficient (Wildman–Crippen LogP) is 3.40. The molecule has 3 N–H and O–H groups in total. The number of benzene rings is 1. The van der Waals surface area contributed by atoms with Gasteiger partial charge >= 0.3 is 0 Å². The van der Waals surface area contributed by atoms with Crippen molar-refractivity contribution in [3.63, 3.8) is 0 Å². The quantitative estimate of drug-likeness (QED) is 0.214. The molecule has 0 saturated carbocycles. The molecule has 4 aliphatic rings. The number of carbonyl (C=O) groups excluding carboxylic acids is 4. The Balaban J connectivity index is 0.864. The van der Waals surface area contributed by atoms with Crippen molar-refractivity contribution in [1.82, 2.24) is 35.3 Å². The summed E-state index contributed by atoms with van der Waals surface area (Å²) in [6.07, 6.45) is 6.28. The van der Waals surface area contributed by atoms with E-state index >= 15 is 0 Å². The minimum absolute atomic E-state index is 0.170. The van der Waals surface area contributed by atoms with Gasteiger partial charge < -0.3 is 20.1 Å². The Kier molecular flexibility index (Phi) is 8.24. The van der Waals surface area contributed by atoms with Gasteiger partial charge in [0.1, 0.15) is 11.9 Å². The average molecular weight is 672 g/mol. The molecule has 4 amide bonds. The van der Waals surface area contributed by atoms with Crippen LogP contribution in [0.1, 0.15) is 82.2 Å². The van der Waals surface area contributed by atoms with Crippen LogP contribution >= 0.6 is 0 Å². The molecule has 0 spiro atoms. The Labute approximate surface area is 288 Å². The number of hydrogen-bond acceptors (Lipinski definition) is 9. The third-order valence-electron chi connectivity index (χ3n) is 10.3. The molecule has 0 bridgehead atoms. The Morgan fingerprint density at radius 2 is 1.84 bits per heavy atom. The average Bonchev–Trinajstić information content (AvgIpc) is 3.84. The maximum Gasteiger partial charge on any atom is 0.277 e. The van der Waals surface area contributed by atoms with Crippen molar-refractivity contribution in [2.75, 3.05) is 36.9 Å². The SMILES string of the molecule is CN1CCC[C@@H]1c1cc2cnc(NC(=O)c3ccc(N4CCC(C#Cc5cccc6c5CN(C5CCC(=O)NC5=O)C6=O)CC4)nn3)cc2[nH]1. The number of H-pyrrole nitrogens is 1. The van der Waals surface area contributed by atoms with Crippen molar-refractivity contribution in [3.05, 3.63) is 76.7 Å². The molecule has 4 aromatic rings. The molecule has 50 heavy (non-hydrogen) atoms. The van der Waals surface area contributed by atoms with Gasteiger partial charge in [-0.05, 0) is 81.6 Å². The molecule has 4 aliphatic heterocycles. The standard InChI is InChI=1S/C37H37N9O4/c1-44-15-3-6-30(44)29-18-24-20-38-32(19-28(24)39-29)40-35(48)27-9-11-33(43-42-27)45-16-13-22(14-17-45)7-8-23-4-2-5-25-26(23)21-46(37(25)50)31-10-12-34(47)41-36(31)49/h2,4-5,9,11,18-20,22,30-31,39H,3,6,10,12-17,21H2,1H3,(H,38,40,48)(H,41,47,49)/t30-,31?/m1/s1. The van der Waals surface area contributed by atoms with Crippen LogP contribution in [0.3, 0.4) is 0 Å². The second-order valence-corrected chi connectivity index (χ2v) is 13.5. The zero-order valence-electron chi connectivity index (χ0n) is 27.7. The van der Waals surface area contributed by atoms with Crippen LogP contribution in [0.5, 0.6) is 0 Å². The molecule has 3 aromatic heterocycles. The fourth-order valence-electron chi connectivity index (χ4n) is 7.53. The smallest absolute Gasteiger partial charge is 0.277 e. The molecule has 3 saturated heterocycles. The van der Waals surface area contributed by atoms with Gasteiger partial charge in [0.2, 0.25) is 11.8 Å². The first kappa shape index (κ1) is 31.6. The molecular formula is C37H37N9O4. The number of piperidine rings is 2. The molecular weight excluding hydrogens is 634 g/mol. The number of aromatic amines is 1. The van der Waals surface area contributed by atoms with Crippen molar-refractivity contribution >= 4 is 46.2 Å². The van der Waals surface area contributed by atoms with Gasteiger partial charge in [0, 0.05) is 72.5 Å². The highest BCUT2D eigenvalue weighted by molar-refractivity contribution is 6.06. The minimum Gasteiger partial charge on any atom is -0.357 e. The van der Waals surface area contributed by atoms with Crippen LogP contribution in [0.4, 0.5) is 11.6 Å². The first-order valence-corrected chi connectivity index (χ1v) is 17.2. The van der Waals surface area contributed by atoms with E-state index in [0.29, 0.717) is 36.2 Å². The molecule has 13 heteroatoms. The number of nitrogens with zero attached hydrogens (tertiary/aromatic N) is 6. The van der Waals surface area contributed by atoms with Crippen LogP contribution in [0.2, 0.25) is 0 Å². The summed E-state index contributed by atoms with van der Waals surface area (Å²) in [5.74, 6) is 6.74. The first-order valence-electron chi connectivity index (χ1n) is 17.2. The molecule has 2 atom stereocenters. The van der Waals surface area contributed by atoms with Crippen molar-refractivity contribution in [2.24, 2.45) is 5.92 Å². The molecule has 0 radical (unpaired) electrons. The summed E-state index contributed by atoms with van der Waals surface area (Å²) in [4.78, 5) is 64.2. The zero-order valence-corrected chi connectivity index (χ0v) is 27.7. The van der Waals surface area contributed by atoms with E-state index in [9.17, 15) is 19.2 Å². The van der Waals surface area contributed by atoms with Gasteiger partial charge in [-0.2, -0.15) is 0 Å². The van der Waals surface area contributed by atoms with E-state index in [1.54, 1.807) is 23.2 Å². The summed E-state index contributed by atoms with van der Waals surface area (Å²) in [5, 5.41) is 14.8. The van der Waals surface area contributed by atoms with Gasteiger partial charge in [0.25, 0.3) is 11.8 Å². The fraction of sp³-hybridized carbons (Fsp3) is 0.378. The first-order chi connectivity index (χ1) is 24.3. The third-order valence-corrected chi connectivity index (χ3v) is 10.3. The maximum absolute atomic E-state index is 13.2. The highest BCUT2D eigenvalue weighted by Crippen LogP contribution is 2.33. The summed E-state index contributed by atoms with van der Waals surface area (Å²) >= 11 is 0. The van der Waals surface area contributed by atoms with Crippen LogP contribution in [0, 0.1) is 17.8 Å². The number of amides is 4.